The monoisotopic (exact) mass is 1220 g/mol. The van der Waals surface area contributed by atoms with Crippen molar-refractivity contribution in [1.29, 1.82) is 0 Å². The van der Waals surface area contributed by atoms with E-state index in [4.69, 9.17) is 31.0 Å². The van der Waals surface area contributed by atoms with Crippen LogP contribution in [-0.2, 0) is 50.0 Å². The first-order valence-electron chi connectivity index (χ1n) is 30.0. The number of aliphatic carboxylic acids is 1. The van der Waals surface area contributed by atoms with Gasteiger partial charge in [-0.05, 0) is 146 Å². The number of amides is 6. The number of nitrogens with zero attached hydrogens (tertiary/aromatic N) is 6. The van der Waals surface area contributed by atoms with Crippen LogP contribution >= 0.6 is 11.3 Å². The molecule has 4 heterocycles. The molecule has 4 saturated carbocycles. The van der Waals surface area contributed by atoms with Crippen molar-refractivity contribution < 1.29 is 53.2 Å². The molecule has 23 nitrogen and oxygen atoms in total. The Morgan fingerprint density at radius 3 is 2.30 bits per heavy atom. The second-order valence-electron chi connectivity index (χ2n) is 25.6. The number of carbonyl (C=O) groups excluding carboxylic acids is 5. The molecule has 5 aliphatic rings. The number of hydrogen-bond donors (Lipinski definition) is 8. The Labute approximate surface area is 514 Å². The maximum Gasteiger partial charge on any atom is 0.410 e. The maximum atomic E-state index is 13.8. The first-order chi connectivity index (χ1) is 41.9. The number of para-hydroxylation sites is 1. The Balaban J connectivity index is 0.775. The highest BCUT2D eigenvalue weighted by Gasteiger charge is 2.66. The second kappa shape index (κ2) is 25.7. The minimum absolute atomic E-state index is 0.0517. The SMILES string of the molecule is Cc1c(-c2ccc(N3CCc4cccc(C(=O)Nc5nc6ccccc6s5)c4C3)nc2C(=O)O)cnn1CC12CC3(C)CC(C)(C1)CC(OCCN(CCC(=O)O)C(=O)OCc1ccc(NC(=O)C(CCCNC(N)=O)NC(=O)C(N)C(C)C)cc1)(C3)C2. The molecule has 4 bridgehead atoms. The molecule has 1 aliphatic heterocycles. The molecule has 0 saturated heterocycles. The molecule has 4 atom stereocenters. The second-order valence-corrected chi connectivity index (χ2v) is 26.6. The normalized spacial score (nSPS) is 21.5. The van der Waals surface area contributed by atoms with Crippen molar-refractivity contribution in [2.45, 2.75) is 136 Å². The summed E-state index contributed by atoms with van der Waals surface area (Å²) in [6.45, 7) is 11.9. The summed E-state index contributed by atoms with van der Waals surface area (Å²) in [5, 5.41) is 36.8. The molecule has 466 valence electrons. The number of anilines is 3. The fourth-order valence-electron chi connectivity index (χ4n) is 14.8. The average Bonchev–Trinajstić information content (AvgIpc) is 0.813. The van der Waals surface area contributed by atoms with E-state index in [1.54, 1.807) is 56.4 Å². The van der Waals surface area contributed by atoms with Crippen LogP contribution in [0.3, 0.4) is 0 Å². The number of nitrogens with two attached hydrogens (primary N) is 2. The number of hydrogen-bond acceptors (Lipinski definition) is 15. The average molecular weight is 1220 g/mol. The number of benzene rings is 3. The van der Waals surface area contributed by atoms with E-state index in [1.807, 2.05) is 59.0 Å². The Hall–Kier alpha value is -8.48. The van der Waals surface area contributed by atoms with Gasteiger partial charge in [-0.3, -0.25) is 29.2 Å². The molecule has 10 N–H and O–H groups in total. The number of fused-ring (bicyclic) bond motifs is 2. The molecule has 4 fully saturated rings. The molecule has 3 aromatic heterocycles. The summed E-state index contributed by atoms with van der Waals surface area (Å²) in [5.41, 5.74) is 16.5. The van der Waals surface area contributed by atoms with E-state index >= 15 is 0 Å². The largest absolute Gasteiger partial charge is 0.481 e. The quantitative estimate of drug-likeness (QED) is 0.0249. The number of carboxylic acid groups (broad SMARTS) is 2. The number of rotatable bonds is 25. The minimum atomic E-state index is -1.17. The van der Waals surface area contributed by atoms with Crippen LogP contribution in [-0.4, -0.2) is 127 Å². The number of primary amides is 1. The predicted molar refractivity (Wildman–Crippen MR) is 332 cm³/mol. The van der Waals surface area contributed by atoms with Gasteiger partial charge in [-0.25, -0.2) is 24.4 Å². The van der Waals surface area contributed by atoms with Crippen molar-refractivity contribution in [3.8, 4) is 11.1 Å². The Bertz CT molecular complexity index is 3590. The van der Waals surface area contributed by atoms with Crippen LogP contribution in [0.1, 0.15) is 129 Å². The lowest BCUT2D eigenvalue weighted by molar-refractivity contribution is -0.248. The summed E-state index contributed by atoms with van der Waals surface area (Å²) < 4.78 is 15.7. The highest BCUT2D eigenvalue weighted by Crippen LogP contribution is 2.72. The van der Waals surface area contributed by atoms with Crippen LogP contribution in [0.4, 0.5) is 26.2 Å². The van der Waals surface area contributed by atoms with E-state index in [0.29, 0.717) is 71.4 Å². The third-order valence-corrected chi connectivity index (χ3v) is 18.8. The standard InChI is InChI=1S/C64H78N12O11S/c1-38(2)52(65)56(81)70-48(13-9-23-67-58(66)84)55(80)69-42-17-15-40(16-18-42)30-86-60(85)74(25-22-51(77)78)26-27-87-64-34-61(4)31-62(5,35-64)33-63(32-61,36-64)37-76-39(3)45(28-68-76)43-19-20-50(72-53(43)57(82)83)75-24-21-41-10-8-11-44(46(41)29-75)54(79)73-59-71-47-12-6-7-14-49(47)88-59/h6-8,10-12,14-20,28,38,48,52H,9,13,21-27,29-37,65H2,1-5H3,(H,69,80)(H,70,81)(H,77,78)(H,82,83)(H3,66,67,84)(H,71,73,79). The molecule has 3 aromatic carbocycles. The number of carbonyl (C=O) groups is 7. The first kappa shape index (κ1) is 62.6. The summed E-state index contributed by atoms with van der Waals surface area (Å²) >= 11 is 1.41. The lowest BCUT2D eigenvalue weighted by Crippen LogP contribution is -2.64. The number of thiazole rings is 1. The number of ether oxygens (including phenoxy) is 2. The first-order valence-corrected chi connectivity index (χ1v) is 30.8. The van der Waals surface area contributed by atoms with Gasteiger partial charge in [0.2, 0.25) is 11.8 Å². The molecule has 0 radical (unpaired) electrons. The minimum Gasteiger partial charge on any atom is -0.481 e. The van der Waals surface area contributed by atoms with Crippen molar-refractivity contribution in [3.63, 3.8) is 0 Å². The lowest BCUT2D eigenvalue weighted by atomic mass is 9.39. The molecule has 11 rings (SSSR count). The number of pyridine rings is 1. The van der Waals surface area contributed by atoms with Gasteiger partial charge in [-0.15, -0.1) is 0 Å². The van der Waals surface area contributed by atoms with Crippen molar-refractivity contribution in [1.82, 2.24) is 35.3 Å². The van der Waals surface area contributed by atoms with Crippen LogP contribution in [0.5, 0.6) is 0 Å². The van der Waals surface area contributed by atoms with Crippen molar-refractivity contribution in [2.75, 3.05) is 48.3 Å². The highest BCUT2D eigenvalue weighted by molar-refractivity contribution is 7.22. The molecular weight excluding hydrogens is 1140 g/mol. The fraction of sp³-hybridized carbons (Fsp3) is 0.469. The topological polar surface area (TPSA) is 329 Å². The van der Waals surface area contributed by atoms with Gasteiger partial charge in [0.1, 0.15) is 18.5 Å². The van der Waals surface area contributed by atoms with Crippen molar-refractivity contribution >= 4 is 80.0 Å². The summed E-state index contributed by atoms with van der Waals surface area (Å²) in [6.07, 6.45) is 7.23. The molecule has 24 heteroatoms. The Kier molecular flexibility index (Phi) is 18.3. The van der Waals surface area contributed by atoms with Gasteiger partial charge >= 0.3 is 24.1 Å². The van der Waals surface area contributed by atoms with Gasteiger partial charge in [-0.1, -0.05) is 75.4 Å². The van der Waals surface area contributed by atoms with Crippen LogP contribution in [0.15, 0.2) is 85.1 Å². The molecule has 6 amide bonds. The van der Waals surface area contributed by atoms with Gasteiger partial charge in [-0.2, -0.15) is 5.10 Å². The smallest absolute Gasteiger partial charge is 0.410 e. The van der Waals surface area contributed by atoms with Crippen LogP contribution in [0.25, 0.3) is 21.3 Å². The number of urea groups is 1. The van der Waals surface area contributed by atoms with E-state index in [-0.39, 0.29) is 79.5 Å². The zero-order valence-electron chi connectivity index (χ0n) is 50.4. The Morgan fingerprint density at radius 1 is 0.841 bits per heavy atom. The van der Waals surface area contributed by atoms with Crippen molar-refractivity contribution in [3.05, 3.63) is 119 Å². The number of nitrogens with one attached hydrogen (secondary N) is 4. The molecule has 4 aliphatic carbocycles. The van der Waals surface area contributed by atoms with E-state index < -0.39 is 53.6 Å². The van der Waals surface area contributed by atoms with Gasteiger partial charge in [0.15, 0.2) is 10.8 Å². The van der Waals surface area contributed by atoms with E-state index in [2.05, 4.69) is 40.1 Å². The molecule has 4 unspecified atom stereocenters. The molecule has 88 heavy (non-hydrogen) atoms. The Morgan fingerprint density at radius 2 is 1.59 bits per heavy atom. The number of aromatic nitrogens is 4. The predicted octanol–water partition coefficient (Wildman–Crippen LogP) is 8.48. The van der Waals surface area contributed by atoms with Crippen LogP contribution < -0.4 is 37.6 Å². The van der Waals surface area contributed by atoms with E-state index in [0.717, 1.165) is 65.6 Å². The summed E-state index contributed by atoms with van der Waals surface area (Å²) in [5.74, 6) is -3.17. The molecule has 6 aromatic rings. The van der Waals surface area contributed by atoms with Gasteiger partial charge in [0.25, 0.3) is 5.91 Å². The third-order valence-electron chi connectivity index (χ3n) is 17.8. The van der Waals surface area contributed by atoms with Crippen LogP contribution in [0.2, 0.25) is 0 Å². The highest BCUT2D eigenvalue weighted by atomic mass is 32.1. The fourth-order valence-corrected chi connectivity index (χ4v) is 15.7. The van der Waals surface area contributed by atoms with Crippen molar-refractivity contribution in [2.24, 2.45) is 33.6 Å². The zero-order chi connectivity index (χ0) is 62.7. The summed E-state index contributed by atoms with van der Waals surface area (Å²) in [6, 6.07) is 21.2. The number of aromatic carboxylic acids is 1. The van der Waals surface area contributed by atoms with Gasteiger partial charge in [0.05, 0.1) is 41.1 Å². The maximum absolute atomic E-state index is 13.8. The van der Waals surface area contributed by atoms with E-state index in [1.165, 1.54) is 16.2 Å². The summed E-state index contributed by atoms with van der Waals surface area (Å²) in [7, 11) is 0. The van der Waals surface area contributed by atoms with Gasteiger partial charge in [0, 0.05) is 67.3 Å². The van der Waals surface area contributed by atoms with Gasteiger partial charge < -0.3 is 56.9 Å². The third kappa shape index (κ3) is 14.2. The number of carboxylic acids is 2. The molecule has 0 spiro atoms. The van der Waals surface area contributed by atoms with E-state index in [9.17, 15) is 43.8 Å². The van der Waals surface area contributed by atoms with Crippen LogP contribution in [0, 0.1) is 29.1 Å². The summed E-state index contributed by atoms with van der Waals surface area (Å²) in [4.78, 5) is 103. The zero-order valence-corrected chi connectivity index (χ0v) is 51.2. The molecular formula is C64H78N12O11S. The lowest BCUT2D eigenvalue weighted by Gasteiger charge is -2.69.